The number of alkyl halides is 3. The zero-order valence-electron chi connectivity index (χ0n) is 19.2. The van der Waals surface area contributed by atoms with Crippen LogP contribution in [0.2, 0.25) is 0 Å². The van der Waals surface area contributed by atoms with Gasteiger partial charge in [0, 0.05) is 37.8 Å². The summed E-state index contributed by atoms with van der Waals surface area (Å²) in [4.78, 5) is 11.4. The molecule has 4 aromatic rings. The minimum absolute atomic E-state index is 0.0358. The quantitative estimate of drug-likeness (QED) is 0.377. The number of benzene rings is 2. The minimum Gasteiger partial charge on any atom is -0.503 e. The predicted octanol–water partition coefficient (Wildman–Crippen LogP) is 5.41. The van der Waals surface area contributed by atoms with Crippen molar-refractivity contribution in [3.8, 4) is 17.0 Å². The SMILES string of the molecule is Cn1nc(-c2cc(C(F)(F)F)c(F)c(O)c2F)c2cnc(C3CCCN(Cc4ccccc4)C3)nc21. The van der Waals surface area contributed by atoms with Gasteiger partial charge in [0.05, 0.1) is 10.9 Å². The summed E-state index contributed by atoms with van der Waals surface area (Å²) < 4.78 is 69.8. The Morgan fingerprint density at radius 2 is 1.86 bits per heavy atom. The van der Waals surface area contributed by atoms with E-state index in [-0.39, 0.29) is 17.0 Å². The first-order chi connectivity index (χ1) is 17.1. The van der Waals surface area contributed by atoms with Crippen LogP contribution in [0.3, 0.4) is 0 Å². The third-order valence-electron chi connectivity index (χ3n) is 6.46. The molecule has 0 spiro atoms. The molecule has 0 radical (unpaired) electrons. The molecule has 1 fully saturated rings. The number of hydrogen-bond acceptors (Lipinski definition) is 5. The highest BCUT2D eigenvalue weighted by Gasteiger charge is 2.38. The molecule has 1 aliphatic heterocycles. The number of nitrogens with zero attached hydrogens (tertiary/aromatic N) is 5. The van der Waals surface area contributed by atoms with Gasteiger partial charge in [-0.05, 0) is 31.0 Å². The zero-order valence-corrected chi connectivity index (χ0v) is 19.2. The average molecular weight is 503 g/mol. The van der Waals surface area contributed by atoms with E-state index < -0.39 is 34.7 Å². The Hall–Kier alpha value is -3.60. The van der Waals surface area contributed by atoms with Gasteiger partial charge in [-0.2, -0.15) is 18.3 Å². The number of piperidine rings is 1. The fourth-order valence-electron chi connectivity index (χ4n) is 4.70. The number of phenolic OH excluding ortho intramolecular Hbond substituents is 1. The van der Waals surface area contributed by atoms with Gasteiger partial charge in [-0.15, -0.1) is 0 Å². The second-order valence-corrected chi connectivity index (χ2v) is 8.94. The van der Waals surface area contributed by atoms with Gasteiger partial charge in [0.15, 0.2) is 23.0 Å². The molecule has 1 N–H and O–H groups in total. The molecule has 0 amide bonds. The van der Waals surface area contributed by atoms with Crippen molar-refractivity contribution in [3.05, 3.63) is 71.2 Å². The van der Waals surface area contributed by atoms with Crippen LogP contribution in [-0.2, 0) is 19.8 Å². The largest absolute Gasteiger partial charge is 0.503 e. The van der Waals surface area contributed by atoms with Gasteiger partial charge in [0.2, 0.25) is 0 Å². The Kier molecular flexibility index (Phi) is 6.11. The van der Waals surface area contributed by atoms with Crippen molar-refractivity contribution in [3.63, 3.8) is 0 Å². The summed E-state index contributed by atoms with van der Waals surface area (Å²) in [6, 6.07) is 10.4. The molecular weight excluding hydrogens is 481 g/mol. The van der Waals surface area contributed by atoms with E-state index >= 15 is 0 Å². The van der Waals surface area contributed by atoms with Crippen LogP contribution in [0.4, 0.5) is 22.0 Å². The number of fused-ring (bicyclic) bond motifs is 1. The first-order valence-electron chi connectivity index (χ1n) is 11.4. The molecule has 0 bridgehead atoms. The highest BCUT2D eigenvalue weighted by Crippen LogP contribution is 2.41. The molecule has 6 nitrogen and oxygen atoms in total. The Bertz CT molecular complexity index is 1420. The lowest BCUT2D eigenvalue weighted by Gasteiger charge is -2.32. The number of aromatic nitrogens is 4. The number of halogens is 5. The van der Waals surface area contributed by atoms with Gasteiger partial charge in [0.1, 0.15) is 11.5 Å². The predicted molar refractivity (Wildman–Crippen MR) is 122 cm³/mol. The first-order valence-corrected chi connectivity index (χ1v) is 11.4. The van der Waals surface area contributed by atoms with Gasteiger partial charge >= 0.3 is 6.18 Å². The molecule has 0 aliphatic carbocycles. The van der Waals surface area contributed by atoms with Crippen molar-refractivity contribution in [2.45, 2.75) is 31.5 Å². The summed E-state index contributed by atoms with van der Waals surface area (Å²) >= 11 is 0. The minimum atomic E-state index is -5.13. The Morgan fingerprint density at radius 3 is 2.58 bits per heavy atom. The maximum atomic E-state index is 14.7. The van der Waals surface area contributed by atoms with Crippen LogP contribution in [0.1, 0.15) is 35.7 Å². The summed E-state index contributed by atoms with van der Waals surface area (Å²) in [5, 5.41) is 14.0. The Balaban J connectivity index is 1.49. The maximum absolute atomic E-state index is 14.7. The van der Waals surface area contributed by atoms with Crippen molar-refractivity contribution >= 4 is 11.0 Å². The number of aryl methyl sites for hydroxylation is 1. The van der Waals surface area contributed by atoms with Crippen molar-refractivity contribution < 1.29 is 27.1 Å². The smallest absolute Gasteiger partial charge is 0.419 e. The molecule has 2 aromatic carbocycles. The summed E-state index contributed by atoms with van der Waals surface area (Å²) in [6.45, 7) is 2.48. The molecule has 2 aromatic heterocycles. The molecule has 11 heteroatoms. The monoisotopic (exact) mass is 503 g/mol. The number of phenols is 1. The van der Waals surface area contributed by atoms with Crippen molar-refractivity contribution in [2.24, 2.45) is 7.05 Å². The molecule has 1 unspecified atom stereocenters. The Morgan fingerprint density at radius 1 is 1.11 bits per heavy atom. The van der Waals surface area contributed by atoms with Gasteiger partial charge < -0.3 is 5.11 Å². The maximum Gasteiger partial charge on any atom is 0.419 e. The van der Waals surface area contributed by atoms with Crippen LogP contribution in [0.25, 0.3) is 22.3 Å². The molecule has 3 heterocycles. The lowest BCUT2D eigenvalue weighted by atomic mass is 9.96. The van der Waals surface area contributed by atoms with E-state index in [1.54, 1.807) is 0 Å². The zero-order chi connectivity index (χ0) is 25.6. The van der Waals surface area contributed by atoms with Crippen molar-refractivity contribution in [1.82, 2.24) is 24.6 Å². The van der Waals surface area contributed by atoms with Gasteiger partial charge in [-0.1, -0.05) is 30.3 Å². The number of rotatable bonds is 4. The Labute approximate surface area is 203 Å². The topological polar surface area (TPSA) is 67.1 Å². The number of aromatic hydroxyl groups is 1. The molecule has 0 saturated carbocycles. The molecule has 5 rings (SSSR count). The average Bonchev–Trinajstić information content (AvgIpc) is 3.18. The van der Waals surface area contributed by atoms with Crippen LogP contribution in [0.15, 0.2) is 42.6 Å². The molecular formula is C25H22F5N5O. The van der Waals surface area contributed by atoms with E-state index in [0.717, 1.165) is 32.5 Å². The summed E-state index contributed by atoms with van der Waals surface area (Å²) in [5.74, 6) is -4.72. The van der Waals surface area contributed by atoms with E-state index in [2.05, 4.69) is 32.1 Å². The number of hydrogen-bond donors (Lipinski definition) is 1. The normalized spacial score (nSPS) is 17.1. The molecule has 36 heavy (non-hydrogen) atoms. The van der Waals surface area contributed by atoms with E-state index in [1.165, 1.54) is 23.5 Å². The summed E-state index contributed by atoms with van der Waals surface area (Å²) in [7, 11) is 1.52. The second kappa shape index (κ2) is 9.12. The highest BCUT2D eigenvalue weighted by atomic mass is 19.4. The molecule has 188 valence electrons. The van der Waals surface area contributed by atoms with Gasteiger partial charge in [-0.25, -0.2) is 23.4 Å². The molecule has 1 atom stereocenters. The fourth-order valence-corrected chi connectivity index (χ4v) is 4.70. The standard InChI is InChI=1S/C25H22F5N5O/c1-34-24-17(21(33-34)16-10-18(25(28,29)30)20(27)22(36)19(16)26)11-31-23(32-24)15-8-5-9-35(13-15)12-14-6-3-2-4-7-14/h2-4,6-7,10-11,15,36H,5,8-9,12-13H2,1H3. The van der Waals surface area contributed by atoms with Crippen LogP contribution < -0.4 is 0 Å². The second-order valence-electron chi connectivity index (χ2n) is 8.94. The van der Waals surface area contributed by atoms with E-state index in [0.29, 0.717) is 17.5 Å². The molecule has 1 aliphatic rings. The third kappa shape index (κ3) is 4.39. The van der Waals surface area contributed by atoms with Crippen molar-refractivity contribution in [2.75, 3.05) is 13.1 Å². The number of likely N-dealkylation sites (tertiary alicyclic amines) is 1. The lowest BCUT2D eigenvalue weighted by molar-refractivity contribution is -0.140. The van der Waals surface area contributed by atoms with Crippen LogP contribution in [0, 0.1) is 11.6 Å². The third-order valence-corrected chi connectivity index (χ3v) is 6.46. The van der Waals surface area contributed by atoms with Crippen molar-refractivity contribution in [1.29, 1.82) is 0 Å². The van der Waals surface area contributed by atoms with Crippen LogP contribution >= 0.6 is 0 Å². The highest BCUT2D eigenvalue weighted by molar-refractivity contribution is 5.91. The van der Waals surface area contributed by atoms with Gasteiger partial charge in [0.25, 0.3) is 0 Å². The molecule has 1 saturated heterocycles. The fraction of sp³-hybridized carbons (Fsp3) is 0.320. The van der Waals surface area contributed by atoms with Gasteiger partial charge in [-0.3, -0.25) is 4.90 Å². The van der Waals surface area contributed by atoms with E-state index in [9.17, 15) is 27.1 Å². The lowest BCUT2D eigenvalue weighted by Crippen LogP contribution is -2.34. The first kappa shape index (κ1) is 24.1. The summed E-state index contributed by atoms with van der Waals surface area (Å²) in [5.41, 5.74) is -1.18. The van der Waals surface area contributed by atoms with E-state index in [1.807, 2.05) is 18.2 Å². The van der Waals surface area contributed by atoms with Crippen LogP contribution in [0.5, 0.6) is 5.75 Å². The van der Waals surface area contributed by atoms with E-state index in [4.69, 9.17) is 0 Å². The summed E-state index contributed by atoms with van der Waals surface area (Å²) in [6.07, 6.45) is -1.92. The van der Waals surface area contributed by atoms with Crippen LogP contribution in [-0.4, -0.2) is 42.8 Å².